The molecule has 4 nitrogen and oxygen atoms in total. The molecule has 0 fully saturated rings. The van der Waals surface area contributed by atoms with Gasteiger partial charge in [-0.05, 0) is 32.0 Å². The number of rotatable bonds is 6. The van der Waals surface area contributed by atoms with Crippen LogP contribution >= 0.6 is 11.5 Å². The van der Waals surface area contributed by atoms with Gasteiger partial charge in [0.05, 0.1) is 11.1 Å². The summed E-state index contributed by atoms with van der Waals surface area (Å²) in [5.41, 5.74) is 0. The van der Waals surface area contributed by atoms with Gasteiger partial charge in [-0.1, -0.05) is 11.4 Å². The van der Waals surface area contributed by atoms with Crippen molar-refractivity contribution in [1.82, 2.24) is 19.8 Å². The molecule has 0 bridgehead atoms. The van der Waals surface area contributed by atoms with E-state index >= 15 is 0 Å². The van der Waals surface area contributed by atoms with Crippen molar-refractivity contribution in [3.63, 3.8) is 0 Å². The SMILES string of the molecule is CCN(C)CC(C)NCc1cnns1. The van der Waals surface area contributed by atoms with Crippen LogP contribution < -0.4 is 5.32 Å². The van der Waals surface area contributed by atoms with Crippen molar-refractivity contribution >= 4 is 11.5 Å². The lowest BCUT2D eigenvalue weighted by Gasteiger charge is -2.20. The molecule has 1 rings (SSSR count). The van der Waals surface area contributed by atoms with Crippen molar-refractivity contribution in [3.05, 3.63) is 11.1 Å². The molecule has 1 N–H and O–H groups in total. The summed E-state index contributed by atoms with van der Waals surface area (Å²) in [4.78, 5) is 3.48. The van der Waals surface area contributed by atoms with Gasteiger partial charge < -0.3 is 10.2 Å². The van der Waals surface area contributed by atoms with E-state index in [-0.39, 0.29) is 0 Å². The fourth-order valence-corrected chi connectivity index (χ4v) is 1.64. The molecular formula is C9H18N4S. The predicted molar refractivity (Wildman–Crippen MR) is 59.4 cm³/mol. The molecule has 5 heteroatoms. The third-order valence-corrected chi connectivity index (χ3v) is 2.82. The first-order valence-corrected chi connectivity index (χ1v) is 5.68. The molecule has 0 aliphatic carbocycles. The Kier molecular flexibility index (Phi) is 5.00. The summed E-state index contributed by atoms with van der Waals surface area (Å²) < 4.78 is 3.82. The summed E-state index contributed by atoms with van der Waals surface area (Å²) in [6.07, 6.45) is 1.81. The van der Waals surface area contributed by atoms with Crippen molar-refractivity contribution in [1.29, 1.82) is 0 Å². The Bertz CT molecular complexity index is 237. The summed E-state index contributed by atoms with van der Waals surface area (Å²) >= 11 is 1.45. The Morgan fingerprint density at radius 3 is 3.00 bits per heavy atom. The second kappa shape index (κ2) is 6.06. The molecule has 0 saturated heterocycles. The lowest BCUT2D eigenvalue weighted by Crippen LogP contribution is -2.36. The Labute approximate surface area is 89.5 Å². The maximum Gasteiger partial charge on any atom is 0.0666 e. The Morgan fingerprint density at radius 1 is 1.64 bits per heavy atom. The second-order valence-electron chi connectivity index (χ2n) is 3.52. The highest BCUT2D eigenvalue weighted by molar-refractivity contribution is 7.05. The molecule has 0 aromatic carbocycles. The van der Waals surface area contributed by atoms with Crippen LogP contribution in [-0.2, 0) is 6.54 Å². The third kappa shape index (κ3) is 4.13. The average Bonchev–Trinajstić information content (AvgIpc) is 2.67. The van der Waals surface area contributed by atoms with Gasteiger partial charge in [0.2, 0.25) is 0 Å². The first kappa shape index (κ1) is 11.6. The van der Waals surface area contributed by atoms with E-state index in [1.807, 2.05) is 6.20 Å². The topological polar surface area (TPSA) is 41.0 Å². The van der Waals surface area contributed by atoms with Crippen LogP contribution in [-0.4, -0.2) is 40.7 Å². The van der Waals surface area contributed by atoms with Gasteiger partial charge in [0.25, 0.3) is 0 Å². The third-order valence-electron chi connectivity index (χ3n) is 2.16. The zero-order valence-corrected chi connectivity index (χ0v) is 9.84. The van der Waals surface area contributed by atoms with E-state index < -0.39 is 0 Å². The molecule has 0 aliphatic heterocycles. The van der Waals surface area contributed by atoms with Gasteiger partial charge >= 0.3 is 0 Å². The van der Waals surface area contributed by atoms with Crippen LogP contribution in [0.15, 0.2) is 6.20 Å². The van der Waals surface area contributed by atoms with Crippen molar-refractivity contribution in [2.75, 3.05) is 20.1 Å². The highest BCUT2D eigenvalue weighted by Gasteiger charge is 2.04. The fourth-order valence-electron chi connectivity index (χ4n) is 1.20. The molecule has 1 heterocycles. The minimum absolute atomic E-state index is 0.502. The number of nitrogens with zero attached hydrogens (tertiary/aromatic N) is 3. The molecule has 1 aromatic heterocycles. The first-order valence-electron chi connectivity index (χ1n) is 4.90. The maximum atomic E-state index is 3.82. The smallest absolute Gasteiger partial charge is 0.0666 e. The quantitative estimate of drug-likeness (QED) is 0.766. The number of likely N-dealkylation sites (N-methyl/N-ethyl adjacent to an activating group) is 1. The Morgan fingerprint density at radius 2 is 2.43 bits per heavy atom. The molecule has 0 saturated carbocycles. The normalized spacial score (nSPS) is 13.4. The van der Waals surface area contributed by atoms with Gasteiger partial charge in [-0.25, -0.2) is 0 Å². The summed E-state index contributed by atoms with van der Waals surface area (Å²) in [6, 6.07) is 0.502. The minimum Gasteiger partial charge on any atom is -0.308 e. The molecule has 1 aromatic rings. The van der Waals surface area contributed by atoms with E-state index in [1.54, 1.807) is 0 Å². The van der Waals surface area contributed by atoms with Crippen LogP contribution in [0.3, 0.4) is 0 Å². The van der Waals surface area contributed by atoms with Crippen LogP contribution in [0.25, 0.3) is 0 Å². The van der Waals surface area contributed by atoms with Gasteiger partial charge in [-0.3, -0.25) is 0 Å². The van der Waals surface area contributed by atoms with Crippen molar-refractivity contribution in [2.24, 2.45) is 0 Å². The van der Waals surface area contributed by atoms with Gasteiger partial charge in [-0.15, -0.1) is 5.10 Å². The minimum atomic E-state index is 0.502. The standard InChI is InChI=1S/C9H18N4S/c1-4-13(3)7-8(2)10-5-9-6-11-12-14-9/h6,8,10H,4-5,7H2,1-3H3. The predicted octanol–water partition coefficient (Wildman–Crippen LogP) is 0.968. The van der Waals surface area contributed by atoms with E-state index in [0.29, 0.717) is 6.04 Å². The van der Waals surface area contributed by atoms with E-state index in [9.17, 15) is 0 Å². The molecule has 1 unspecified atom stereocenters. The molecule has 80 valence electrons. The lowest BCUT2D eigenvalue weighted by atomic mass is 10.3. The van der Waals surface area contributed by atoms with Crippen molar-refractivity contribution in [2.45, 2.75) is 26.4 Å². The van der Waals surface area contributed by atoms with E-state index in [2.05, 4.69) is 40.7 Å². The molecule has 0 aliphatic rings. The number of hydrogen-bond donors (Lipinski definition) is 1. The number of aromatic nitrogens is 2. The van der Waals surface area contributed by atoms with E-state index in [4.69, 9.17) is 0 Å². The van der Waals surface area contributed by atoms with Crippen LogP contribution in [0.2, 0.25) is 0 Å². The summed E-state index contributed by atoms with van der Waals surface area (Å²) in [6.45, 7) is 7.40. The van der Waals surface area contributed by atoms with Gasteiger partial charge in [0.1, 0.15) is 0 Å². The van der Waals surface area contributed by atoms with Crippen molar-refractivity contribution in [3.8, 4) is 0 Å². The summed E-state index contributed by atoms with van der Waals surface area (Å²) in [5.74, 6) is 0. The Balaban J connectivity index is 2.18. The molecule has 0 radical (unpaired) electrons. The second-order valence-corrected chi connectivity index (χ2v) is 4.39. The zero-order valence-electron chi connectivity index (χ0n) is 9.03. The largest absolute Gasteiger partial charge is 0.308 e. The molecule has 0 amide bonds. The lowest BCUT2D eigenvalue weighted by molar-refractivity contribution is 0.310. The van der Waals surface area contributed by atoms with Crippen LogP contribution in [0.1, 0.15) is 18.7 Å². The fraction of sp³-hybridized carbons (Fsp3) is 0.778. The molecule has 0 spiro atoms. The molecule has 14 heavy (non-hydrogen) atoms. The first-order chi connectivity index (χ1) is 6.72. The number of hydrogen-bond acceptors (Lipinski definition) is 5. The summed E-state index contributed by atoms with van der Waals surface area (Å²) in [7, 11) is 2.13. The highest BCUT2D eigenvalue weighted by Crippen LogP contribution is 2.01. The monoisotopic (exact) mass is 214 g/mol. The van der Waals surface area contributed by atoms with Gasteiger partial charge in [0.15, 0.2) is 0 Å². The average molecular weight is 214 g/mol. The van der Waals surface area contributed by atoms with E-state index in [1.165, 1.54) is 16.4 Å². The van der Waals surface area contributed by atoms with Crippen molar-refractivity contribution < 1.29 is 0 Å². The van der Waals surface area contributed by atoms with Gasteiger partial charge in [-0.2, -0.15) is 0 Å². The molecular weight excluding hydrogens is 196 g/mol. The van der Waals surface area contributed by atoms with Crippen LogP contribution in [0.5, 0.6) is 0 Å². The zero-order chi connectivity index (χ0) is 10.4. The van der Waals surface area contributed by atoms with Gasteiger partial charge in [0, 0.05) is 19.1 Å². The Hall–Kier alpha value is -0.520. The van der Waals surface area contributed by atoms with E-state index in [0.717, 1.165) is 19.6 Å². The number of nitrogens with one attached hydrogen (secondary N) is 1. The molecule has 1 atom stereocenters. The highest BCUT2D eigenvalue weighted by atomic mass is 32.1. The van der Waals surface area contributed by atoms with Crippen LogP contribution in [0.4, 0.5) is 0 Å². The maximum absolute atomic E-state index is 3.82. The van der Waals surface area contributed by atoms with Crippen LogP contribution in [0, 0.1) is 0 Å². The summed E-state index contributed by atoms with van der Waals surface area (Å²) in [5, 5.41) is 7.23.